The van der Waals surface area contributed by atoms with Crippen molar-refractivity contribution in [3.8, 4) is 0 Å². The molecule has 0 aliphatic carbocycles. The highest BCUT2D eigenvalue weighted by Crippen LogP contribution is 2.15. The summed E-state index contributed by atoms with van der Waals surface area (Å²) < 4.78 is 0. The minimum Gasteiger partial charge on any atom is -0.261 e. The van der Waals surface area contributed by atoms with Gasteiger partial charge in [0.25, 0.3) is 0 Å². The Labute approximate surface area is 96.5 Å². The van der Waals surface area contributed by atoms with E-state index in [9.17, 15) is 0 Å². The standard InChI is InChI=1S/C15H15N/c1-13(15-9-5-6-12-16-15)10-11-14-7-3-2-4-8-14/h2-13H,1H3/b11-10+/t13-/m1/s1. The van der Waals surface area contributed by atoms with Gasteiger partial charge in [0.15, 0.2) is 0 Å². The van der Waals surface area contributed by atoms with Gasteiger partial charge in [0.05, 0.1) is 0 Å². The Morgan fingerprint density at radius 2 is 1.75 bits per heavy atom. The van der Waals surface area contributed by atoms with Gasteiger partial charge in [-0.15, -0.1) is 0 Å². The van der Waals surface area contributed by atoms with Gasteiger partial charge in [-0.3, -0.25) is 4.98 Å². The molecule has 16 heavy (non-hydrogen) atoms. The average molecular weight is 209 g/mol. The van der Waals surface area contributed by atoms with Crippen molar-refractivity contribution in [2.75, 3.05) is 0 Å². The molecule has 0 aliphatic heterocycles. The van der Waals surface area contributed by atoms with Crippen LogP contribution in [0.25, 0.3) is 6.08 Å². The molecule has 0 saturated carbocycles. The maximum absolute atomic E-state index is 4.34. The van der Waals surface area contributed by atoms with Crippen LogP contribution in [0.5, 0.6) is 0 Å². The molecule has 0 unspecified atom stereocenters. The highest BCUT2D eigenvalue weighted by molar-refractivity contribution is 5.50. The van der Waals surface area contributed by atoms with Gasteiger partial charge in [0.2, 0.25) is 0 Å². The van der Waals surface area contributed by atoms with Crippen molar-refractivity contribution < 1.29 is 0 Å². The zero-order valence-electron chi connectivity index (χ0n) is 9.38. The van der Waals surface area contributed by atoms with Gasteiger partial charge in [-0.2, -0.15) is 0 Å². The number of hydrogen-bond acceptors (Lipinski definition) is 1. The van der Waals surface area contributed by atoms with Crippen LogP contribution in [0.2, 0.25) is 0 Å². The Balaban J connectivity index is 2.08. The Morgan fingerprint density at radius 1 is 1.00 bits per heavy atom. The molecule has 1 aromatic carbocycles. The lowest BCUT2D eigenvalue weighted by atomic mass is 10.1. The summed E-state index contributed by atoms with van der Waals surface area (Å²) in [4.78, 5) is 4.34. The molecule has 2 aromatic rings. The Morgan fingerprint density at radius 3 is 2.44 bits per heavy atom. The fraction of sp³-hybridized carbons (Fsp3) is 0.133. The van der Waals surface area contributed by atoms with Gasteiger partial charge in [-0.1, -0.05) is 55.5 Å². The zero-order chi connectivity index (χ0) is 11.2. The number of aromatic nitrogens is 1. The first kappa shape index (κ1) is 10.6. The van der Waals surface area contributed by atoms with Crippen LogP contribution in [-0.2, 0) is 0 Å². The predicted molar refractivity (Wildman–Crippen MR) is 68.1 cm³/mol. The minimum atomic E-state index is 0.349. The smallest absolute Gasteiger partial charge is 0.0469 e. The average Bonchev–Trinajstić information content (AvgIpc) is 2.38. The molecule has 0 bridgehead atoms. The van der Waals surface area contributed by atoms with Crippen molar-refractivity contribution >= 4 is 6.08 Å². The Hall–Kier alpha value is -1.89. The molecule has 1 aromatic heterocycles. The molecule has 1 heterocycles. The molecule has 0 amide bonds. The molecule has 1 atom stereocenters. The molecule has 1 nitrogen and oxygen atoms in total. The third kappa shape index (κ3) is 2.80. The van der Waals surface area contributed by atoms with Crippen molar-refractivity contribution in [3.05, 3.63) is 72.1 Å². The molecule has 2 rings (SSSR count). The van der Waals surface area contributed by atoms with Gasteiger partial charge >= 0.3 is 0 Å². The van der Waals surface area contributed by atoms with E-state index >= 15 is 0 Å². The van der Waals surface area contributed by atoms with E-state index < -0.39 is 0 Å². The second kappa shape index (κ2) is 5.26. The van der Waals surface area contributed by atoms with Crippen LogP contribution in [-0.4, -0.2) is 4.98 Å². The topological polar surface area (TPSA) is 12.9 Å². The summed E-state index contributed by atoms with van der Waals surface area (Å²) in [6.07, 6.45) is 6.15. The number of nitrogens with zero attached hydrogens (tertiary/aromatic N) is 1. The number of hydrogen-bond donors (Lipinski definition) is 0. The summed E-state index contributed by atoms with van der Waals surface area (Å²) in [6, 6.07) is 16.3. The van der Waals surface area contributed by atoms with E-state index in [2.05, 4.69) is 42.3 Å². The third-order valence-corrected chi connectivity index (χ3v) is 2.53. The van der Waals surface area contributed by atoms with Gasteiger partial charge in [0.1, 0.15) is 0 Å². The quantitative estimate of drug-likeness (QED) is 0.747. The van der Waals surface area contributed by atoms with Crippen LogP contribution in [0, 0.1) is 0 Å². The van der Waals surface area contributed by atoms with Crippen molar-refractivity contribution in [2.24, 2.45) is 0 Å². The van der Waals surface area contributed by atoms with E-state index in [4.69, 9.17) is 0 Å². The second-order valence-electron chi connectivity index (χ2n) is 3.81. The summed E-state index contributed by atoms with van der Waals surface area (Å²) in [5.41, 5.74) is 2.33. The molecular formula is C15H15N. The van der Waals surface area contributed by atoms with Crippen molar-refractivity contribution in [2.45, 2.75) is 12.8 Å². The first-order chi connectivity index (χ1) is 7.86. The highest BCUT2D eigenvalue weighted by atomic mass is 14.7. The maximum atomic E-state index is 4.34. The summed E-state index contributed by atoms with van der Waals surface area (Å²) in [5.74, 6) is 0.349. The van der Waals surface area contributed by atoms with Gasteiger partial charge in [-0.25, -0.2) is 0 Å². The molecule has 0 aliphatic rings. The molecule has 0 radical (unpaired) electrons. The highest BCUT2D eigenvalue weighted by Gasteiger charge is 2.00. The summed E-state index contributed by atoms with van der Waals surface area (Å²) in [6.45, 7) is 2.15. The first-order valence-electron chi connectivity index (χ1n) is 5.50. The van der Waals surface area contributed by atoms with Crippen molar-refractivity contribution in [1.29, 1.82) is 0 Å². The lowest BCUT2D eigenvalue weighted by Crippen LogP contribution is -1.91. The number of rotatable bonds is 3. The van der Waals surface area contributed by atoms with E-state index in [1.54, 1.807) is 0 Å². The molecule has 0 N–H and O–H groups in total. The summed E-state index contributed by atoms with van der Waals surface area (Å²) >= 11 is 0. The fourth-order valence-electron chi connectivity index (χ4n) is 1.56. The second-order valence-corrected chi connectivity index (χ2v) is 3.81. The predicted octanol–water partition coefficient (Wildman–Crippen LogP) is 3.90. The van der Waals surface area contributed by atoms with Crippen LogP contribution in [0.1, 0.15) is 24.1 Å². The van der Waals surface area contributed by atoms with Crippen molar-refractivity contribution in [1.82, 2.24) is 4.98 Å². The van der Waals surface area contributed by atoms with Gasteiger partial charge in [0, 0.05) is 17.8 Å². The summed E-state index contributed by atoms with van der Waals surface area (Å²) in [7, 11) is 0. The van der Waals surface area contributed by atoms with Crippen LogP contribution in [0.4, 0.5) is 0 Å². The molecule has 0 spiro atoms. The summed E-state index contributed by atoms with van der Waals surface area (Å²) in [5, 5.41) is 0. The largest absolute Gasteiger partial charge is 0.261 e. The number of pyridine rings is 1. The fourth-order valence-corrected chi connectivity index (χ4v) is 1.56. The Kier molecular flexibility index (Phi) is 3.50. The SMILES string of the molecule is C[C@H](/C=C/c1ccccc1)c1ccccn1. The molecule has 1 heteroatoms. The zero-order valence-corrected chi connectivity index (χ0v) is 9.38. The van der Waals surface area contributed by atoms with Crippen LogP contribution in [0.3, 0.4) is 0 Å². The minimum absolute atomic E-state index is 0.349. The van der Waals surface area contributed by atoms with E-state index in [0.717, 1.165) is 5.69 Å². The molecule has 0 saturated heterocycles. The molecule has 80 valence electrons. The van der Waals surface area contributed by atoms with Crippen molar-refractivity contribution in [3.63, 3.8) is 0 Å². The monoisotopic (exact) mass is 209 g/mol. The number of benzene rings is 1. The first-order valence-corrected chi connectivity index (χ1v) is 5.50. The van der Waals surface area contributed by atoms with E-state index in [1.165, 1.54) is 5.56 Å². The van der Waals surface area contributed by atoms with Crippen LogP contribution >= 0.6 is 0 Å². The number of allylic oxidation sites excluding steroid dienone is 1. The van der Waals surface area contributed by atoms with Gasteiger partial charge < -0.3 is 0 Å². The molecule has 0 fully saturated rings. The molecular weight excluding hydrogens is 194 g/mol. The lowest BCUT2D eigenvalue weighted by molar-refractivity contribution is 0.911. The maximum Gasteiger partial charge on any atom is 0.0469 e. The van der Waals surface area contributed by atoms with E-state index in [0.29, 0.717) is 5.92 Å². The Bertz CT molecular complexity index is 445. The van der Waals surface area contributed by atoms with Crippen LogP contribution < -0.4 is 0 Å². The third-order valence-electron chi connectivity index (χ3n) is 2.53. The lowest BCUT2D eigenvalue weighted by Gasteiger charge is -2.04. The van der Waals surface area contributed by atoms with Crippen LogP contribution in [0.15, 0.2) is 60.8 Å². The van der Waals surface area contributed by atoms with Gasteiger partial charge in [-0.05, 0) is 17.7 Å². The normalized spacial score (nSPS) is 12.8. The van der Waals surface area contributed by atoms with E-state index in [-0.39, 0.29) is 0 Å². The van der Waals surface area contributed by atoms with E-state index in [1.807, 2.05) is 36.5 Å².